The SMILES string of the molecule is CCCCCCCCCC(CCCCCO[Si](c1ccccc1)(c1ccccc1)C(C)(C)C)CC(=O)OCC. The number of unbranched alkanes of at least 4 members (excludes halogenated alkanes) is 8. The molecule has 0 heterocycles. The van der Waals surface area contributed by atoms with Crippen molar-refractivity contribution in [2.45, 2.75) is 123 Å². The van der Waals surface area contributed by atoms with Crippen LogP contribution >= 0.6 is 0 Å². The van der Waals surface area contributed by atoms with E-state index in [-0.39, 0.29) is 11.0 Å². The standard InChI is InChI=1S/C35H56O3Si/c1-6-8-9-10-11-12-16-23-31(30-34(36)37-7-2)24-17-15-22-29-38-39(35(3,4)5,32-25-18-13-19-26-32)33-27-20-14-21-28-33/h13-14,18-21,25-28,31H,6-12,15-17,22-24,29-30H2,1-5H3. The summed E-state index contributed by atoms with van der Waals surface area (Å²) in [6.07, 6.45) is 15.3. The predicted molar refractivity (Wildman–Crippen MR) is 169 cm³/mol. The minimum atomic E-state index is -2.46. The molecule has 2 aromatic carbocycles. The van der Waals surface area contributed by atoms with E-state index in [0.717, 1.165) is 38.7 Å². The molecular formula is C35H56O3Si. The van der Waals surface area contributed by atoms with Gasteiger partial charge in [0, 0.05) is 13.0 Å². The van der Waals surface area contributed by atoms with Crippen LogP contribution in [-0.4, -0.2) is 27.5 Å². The van der Waals surface area contributed by atoms with Gasteiger partial charge in [-0.15, -0.1) is 0 Å². The van der Waals surface area contributed by atoms with Gasteiger partial charge in [-0.2, -0.15) is 0 Å². The lowest BCUT2D eigenvalue weighted by Crippen LogP contribution is -2.66. The zero-order valence-corrected chi connectivity index (χ0v) is 26.7. The molecule has 0 bridgehead atoms. The van der Waals surface area contributed by atoms with E-state index in [4.69, 9.17) is 9.16 Å². The second-order valence-electron chi connectivity index (χ2n) is 12.1. The smallest absolute Gasteiger partial charge is 0.306 e. The highest BCUT2D eigenvalue weighted by molar-refractivity contribution is 6.99. The Morgan fingerprint density at radius 2 is 1.21 bits per heavy atom. The van der Waals surface area contributed by atoms with Gasteiger partial charge in [0.15, 0.2) is 0 Å². The zero-order chi connectivity index (χ0) is 28.4. The molecule has 3 nitrogen and oxygen atoms in total. The Morgan fingerprint density at radius 3 is 1.69 bits per heavy atom. The van der Waals surface area contributed by atoms with E-state index in [9.17, 15) is 4.79 Å². The third-order valence-electron chi connectivity index (χ3n) is 7.97. The van der Waals surface area contributed by atoms with Gasteiger partial charge in [-0.05, 0) is 47.5 Å². The van der Waals surface area contributed by atoms with Gasteiger partial charge in [-0.25, -0.2) is 0 Å². The first-order chi connectivity index (χ1) is 18.8. The highest BCUT2D eigenvalue weighted by Gasteiger charge is 2.49. The monoisotopic (exact) mass is 552 g/mol. The first kappa shape index (κ1) is 33.3. The van der Waals surface area contributed by atoms with Gasteiger partial charge in [0.05, 0.1) is 6.61 Å². The van der Waals surface area contributed by atoms with Crippen LogP contribution in [0.25, 0.3) is 0 Å². The number of hydrogen-bond donors (Lipinski definition) is 0. The molecule has 0 N–H and O–H groups in total. The van der Waals surface area contributed by atoms with Crippen molar-refractivity contribution < 1.29 is 14.0 Å². The van der Waals surface area contributed by atoms with E-state index in [1.54, 1.807) is 0 Å². The van der Waals surface area contributed by atoms with Crippen molar-refractivity contribution in [3.63, 3.8) is 0 Å². The minimum absolute atomic E-state index is 0.0109. The first-order valence-corrected chi connectivity index (χ1v) is 17.7. The molecule has 2 aromatic rings. The van der Waals surface area contributed by atoms with Crippen LogP contribution in [0.5, 0.6) is 0 Å². The Kier molecular flexibility index (Phi) is 15.7. The summed E-state index contributed by atoms with van der Waals surface area (Å²) in [7, 11) is -2.46. The summed E-state index contributed by atoms with van der Waals surface area (Å²) < 4.78 is 12.3. The number of rotatable bonds is 20. The number of hydrogen-bond acceptors (Lipinski definition) is 3. The van der Waals surface area contributed by atoms with Crippen molar-refractivity contribution in [1.29, 1.82) is 0 Å². The summed E-state index contributed by atoms with van der Waals surface area (Å²) in [5.74, 6) is 0.415. The quantitative estimate of drug-likeness (QED) is 0.0935. The third-order valence-corrected chi connectivity index (χ3v) is 13.0. The lowest BCUT2D eigenvalue weighted by atomic mass is 9.92. The second kappa shape index (κ2) is 18.4. The Hall–Kier alpha value is -1.91. The lowest BCUT2D eigenvalue weighted by molar-refractivity contribution is -0.144. The lowest BCUT2D eigenvalue weighted by Gasteiger charge is -2.43. The Labute approximate surface area is 241 Å². The zero-order valence-electron chi connectivity index (χ0n) is 25.7. The third kappa shape index (κ3) is 11.2. The molecular weight excluding hydrogens is 496 g/mol. The van der Waals surface area contributed by atoms with Gasteiger partial charge < -0.3 is 9.16 Å². The van der Waals surface area contributed by atoms with Gasteiger partial charge in [0.25, 0.3) is 8.32 Å². The van der Waals surface area contributed by atoms with Crippen molar-refractivity contribution in [2.24, 2.45) is 5.92 Å². The maximum Gasteiger partial charge on any atom is 0.306 e. The van der Waals surface area contributed by atoms with Crippen molar-refractivity contribution in [3.05, 3.63) is 60.7 Å². The van der Waals surface area contributed by atoms with Crippen molar-refractivity contribution >= 4 is 24.7 Å². The Bertz CT molecular complexity index is 852. The van der Waals surface area contributed by atoms with E-state index in [1.807, 2.05) is 6.92 Å². The van der Waals surface area contributed by atoms with Crippen LogP contribution in [0, 0.1) is 5.92 Å². The maximum absolute atomic E-state index is 12.2. The number of carbonyl (C=O) groups excluding carboxylic acids is 1. The second-order valence-corrected chi connectivity index (χ2v) is 16.5. The van der Waals surface area contributed by atoms with E-state index in [0.29, 0.717) is 18.9 Å². The highest BCUT2D eigenvalue weighted by Crippen LogP contribution is 2.37. The fraction of sp³-hybridized carbons (Fsp3) is 0.629. The molecule has 0 spiro atoms. The maximum atomic E-state index is 12.2. The van der Waals surface area contributed by atoms with Crippen LogP contribution in [0.1, 0.15) is 118 Å². The van der Waals surface area contributed by atoms with Crippen LogP contribution in [0.15, 0.2) is 60.7 Å². The van der Waals surface area contributed by atoms with E-state index >= 15 is 0 Å². The van der Waals surface area contributed by atoms with E-state index < -0.39 is 8.32 Å². The van der Waals surface area contributed by atoms with Crippen molar-refractivity contribution in [2.75, 3.05) is 13.2 Å². The molecule has 0 fully saturated rings. The molecule has 0 aliphatic carbocycles. The fourth-order valence-electron chi connectivity index (χ4n) is 5.89. The molecule has 1 unspecified atom stereocenters. The topological polar surface area (TPSA) is 35.5 Å². The molecule has 0 aliphatic heterocycles. The van der Waals surface area contributed by atoms with Gasteiger partial charge >= 0.3 is 5.97 Å². The summed E-state index contributed by atoms with van der Waals surface area (Å²) in [6.45, 7) is 12.4. The summed E-state index contributed by atoms with van der Waals surface area (Å²) >= 11 is 0. The van der Waals surface area contributed by atoms with Gasteiger partial charge in [0.1, 0.15) is 0 Å². The van der Waals surface area contributed by atoms with E-state index in [2.05, 4.69) is 88.4 Å². The van der Waals surface area contributed by atoms with Gasteiger partial charge in [0.2, 0.25) is 0 Å². The average Bonchev–Trinajstić information content (AvgIpc) is 2.92. The van der Waals surface area contributed by atoms with Gasteiger partial charge in [-0.1, -0.05) is 146 Å². The molecule has 0 saturated heterocycles. The van der Waals surface area contributed by atoms with Crippen molar-refractivity contribution in [3.8, 4) is 0 Å². The molecule has 39 heavy (non-hydrogen) atoms. The Morgan fingerprint density at radius 1 is 0.718 bits per heavy atom. The molecule has 0 saturated carbocycles. The first-order valence-electron chi connectivity index (χ1n) is 15.8. The molecule has 1 atom stereocenters. The van der Waals surface area contributed by atoms with Crippen LogP contribution in [-0.2, 0) is 14.0 Å². The minimum Gasteiger partial charge on any atom is -0.466 e. The fourth-order valence-corrected chi connectivity index (χ4v) is 10.5. The van der Waals surface area contributed by atoms with Crippen LogP contribution in [0.2, 0.25) is 5.04 Å². The van der Waals surface area contributed by atoms with Crippen LogP contribution in [0.4, 0.5) is 0 Å². The van der Waals surface area contributed by atoms with Gasteiger partial charge in [-0.3, -0.25) is 4.79 Å². The molecule has 0 radical (unpaired) electrons. The Balaban J connectivity index is 1.92. The number of esters is 1. The molecule has 2 rings (SSSR count). The summed E-state index contributed by atoms with van der Waals surface area (Å²) in [4.78, 5) is 12.2. The molecule has 218 valence electrons. The predicted octanol–water partition coefficient (Wildman–Crippen LogP) is 8.83. The molecule has 0 amide bonds. The molecule has 0 aromatic heterocycles. The summed E-state index contributed by atoms with van der Waals surface area (Å²) in [6, 6.07) is 21.8. The molecule has 4 heteroatoms. The highest BCUT2D eigenvalue weighted by atomic mass is 28.4. The van der Waals surface area contributed by atoms with Crippen LogP contribution in [0.3, 0.4) is 0 Å². The number of benzene rings is 2. The normalized spacial score (nSPS) is 12.8. The number of carbonyl (C=O) groups is 1. The largest absolute Gasteiger partial charge is 0.466 e. The van der Waals surface area contributed by atoms with Crippen molar-refractivity contribution in [1.82, 2.24) is 0 Å². The average molecular weight is 553 g/mol. The number of ether oxygens (including phenoxy) is 1. The van der Waals surface area contributed by atoms with Crippen LogP contribution < -0.4 is 10.4 Å². The van der Waals surface area contributed by atoms with E-state index in [1.165, 1.54) is 55.3 Å². The summed E-state index contributed by atoms with van der Waals surface area (Å²) in [5, 5.41) is 2.69. The summed E-state index contributed by atoms with van der Waals surface area (Å²) in [5.41, 5.74) is 0. The molecule has 0 aliphatic rings.